The molecule has 0 aliphatic carbocycles. The molecule has 25 heavy (non-hydrogen) atoms. The number of halogens is 2. The van der Waals surface area contributed by atoms with E-state index in [0.29, 0.717) is 16.3 Å². The van der Waals surface area contributed by atoms with Crippen LogP contribution in [0.5, 0.6) is 11.5 Å². The number of carbonyl (C=O) groups excluding carboxylic acids is 1. The summed E-state index contributed by atoms with van der Waals surface area (Å²) in [5.74, 6) is 1.11. The van der Waals surface area contributed by atoms with Crippen LogP contribution in [0.2, 0.25) is 5.02 Å². The van der Waals surface area contributed by atoms with Crippen LogP contribution in [0.25, 0.3) is 0 Å². The molecule has 0 saturated heterocycles. The molecular weight excluding hydrogens is 408 g/mol. The molecule has 2 aromatic rings. The number of aryl methyl sites for hydroxylation is 2. The number of hydrogen-bond acceptors (Lipinski definition) is 4. The molecular formula is C19H20BrClO4. The van der Waals surface area contributed by atoms with Gasteiger partial charge >= 0.3 is 6.16 Å². The van der Waals surface area contributed by atoms with Gasteiger partial charge < -0.3 is 14.2 Å². The summed E-state index contributed by atoms with van der Waals surface area (Å²) in [7, 11) is 1.27. The molecule has 0 spiro atoms. The highest BCUT2D eigenvalue weighted by molar-refractivity contribution is 9.10. The fraction of sp³-hybridized carbons (Fsp3) is 0.316. The Morgan fingerprint density at radius 3 is 2.48 bits per heavy atom. The summed E-state index contributed by atoms with van der Waals surface area (Å²) >= 11 is 9.78. The highest BCUT2D eigenvalue weighted by atomic mass is 79.9. The summed E-state index contributed by atoms with van der Waals surface area (Å²) in [6.45, 7) is 4.36. The third kappa shape index (κ3) is 4.89. The first kappa shape index (κ1) is 19.6. The summed E-state index contributed by atoms with van der Waals surface area (Å²) in [5.41, 5.74) is 2.90. The molecule has 0 atom stereocenters. The minimum Gasteiger partial charge on any atom is -0.488 e. The minimum atomic E-state index is -0.774. The van der Waals surface area contributed by atoms with Gasteiger partial charge in [-0.25, -0.2) is 4.79 Å². The number of carbonyl (C=O) groups is 1. The SMILES string of the molecule is CCc1cc(CC)c(OCc2c(Br)cccc2OC(=O)OC)cc1Cl. The van der Waals surface area contributed by atoms with E-state index in [-0.39, 0.29) is 6.61 Å². The van der Waals surface area contributed by atoms with E-state index in [4.69, 9.17) is 21.1 Å². The van der Waals surface area contributed by atoms with Crippen molar-refractivity contribution in [3.63, 3.8) is 0 Å². The van der Waals surface area contributed by atoms with Gasteiger partial charge in [-0.15, -0.1) is 0 Å². The third-order valence-corrected chi connectivity index (χ3v) is 4.89. The van der Waals surface area contributed by atoms with Crippen molar-refractivity contribution >= 4 is 33.7 Å². The Bertz CT molecular complexity index is 761. The zero-order chi connectivity index (χ0) is 18.4. The van der Waals surface area contributed by atoms with E-state index in [0.717, 1.165) is 34.2 Å². The molecule has 0 unspecified atom stereocenters. The van der Waals surface area contributed by atoms with Gasteiger partial charge in [0.2, 0.25) is 0 Å². The summed E-state index contributed by atoms with van der Waals surface area (Å²) in [6.07, 6.45) is 0.929. The molecule has 134 valence electrons. The van der Waals surface area contributed by atoms with Crippen molar-refractivity contribution in [2.45, 2.75) is 33.3 Å². The van der Waals surface area contributed by atoms with Gasteiger partial charge in [-0.1, -0.05) is 53.5 Å². The molecule has 0 aromatic heterocycles. The predicted molar refractivity (Wildman–Crippen MR) is 102 cm³/mol. The summed E-state index contributed by atoms with van der Waals surface area (Å²) in [6, 6.07) is 9.24. The first-order valence-corrected chi connectivity index (χ1v) is 9.14. The van der Waals surface area contributed by atoms with Gasteiger partial charge in [0, 0.05) is 15.1 Å². The van der Waals surface area contributed by atoms with Crippen LogP contribution in [0.4, 0.5) is 4.79 Å². The van der Waals surface area contributed by atoms with Crippen LogP contribution in [0, 0.1) is 0 Å². The van der Waals surface area contributed by atoms with Gasteiger partial charge in [0.25, 0.3) is 0 Å². The van der Waals surface area contributed by atoms with E-state index in [1.807, 2.05) is 12.1 Å². The smallest absolute Gasteiger partial charge is 0.488 e. The van der Waals surface area contributed by atoms with Crippen molar-refractivity contribution in [2.24, 2.45) is 0 Å². The van der Waals surface area contributed by atoms with Crippen molar-refractivity contribution in [3.8, 4) is 11.5 Å². The zero-order valence-electron chi connectivity index (χ0n) is 14.4. The molecule has 2 aromatic carbocycles. The van der Waals surface area contributed by atoms with Crippen LogP contribution in [0.1, 0.15) is 30.5 Å². The zero-order valence-corrected chi connectivity index (χ0v) is 16.7. The van der Waals surface area contributed by atoms with Gasteiger partial charge in [-0.3, -0.25) is 0 Å². The van der Waals surface area contributed by atoms with Gasteiger partial charge in [0.15, 0.2) is 0 Å². The van der Waals surface area contributed by atoms with E-state index in [1.165, 1.54) is 7.11 Å². The van der Waals surface area contributed by atoms with Crippen molar-refractivity contribution in [3.05, 3.63) is 56.5 Å². The Morgan fingerprint density at radius 1 is 1.12 bits per heavy atom. The predicted octanol–water partition coefficient (Wildman–Crippen LogP) is 5.95. The summed E-state index contributed by atoms with van der Waals surface area (Å²) in [4.78, 5) is 11.4. The molecule has 0 aliphatic heterocycles. The van der Waals surface area contributed by atoms with E-state index >= 15 is 0 Å². The molecule has 0 heterocycles. The minimum absolute atomic E-state index is 0.225. The van der Waals surface area contributed by atoms with Gasteiger partial charge in [-0.05, 0) is 42.2 Å². The number of methoxy groups -OCH3 is 1. The van der Waals surface area contributed by atoms with Crippen molar-refractivity contribution in [2.75, 3.05) is 7.11 Å². The van der Waals surface area contributed by atoms with Crippen molar-refractivity contribution in [1.82, 2.24) is 0 Å². The number of benzene rings is 2. The number of rotatable bonds is 6. The van der Waals surface area contributed by atoms with Gasteiger partial charge in [0.05, 0.1) is 7.11 Å². The van der Waals surface area contributed by atoms with E-state index < -0.39 is 6.16 Å². The molecule has 2 rings (SSSR count). The topological polar surface area (TPSA) is 44.8 Å². The fourth-order valence-corrected chi connectivity index (χ4v) is 3.14. The second-order valence-corrected chi connectivity index (χ2v) is 6.58. The third-order valence-electron chi connectivity index (χ3n) is 3.80. The van der Waals surface area contributed by atoms with E-state index in [9.17, 15) is 4.79 Å². The average molecular weight is 428 g/mol. The van der Waals surface area contributed by atoms with Crippen LogP contribution < -0.4 is 9.47 Å². The quantitative estimate of drug-likeness (QED) is 0.422. The summed E-state index contributed by atoms with van der Waals surface area (Å²) < 4.78 is 16.5. The lowest BCUT2D eigenvalue weighted by atomic mass is 10.1. The number of hydrogen-bond donors (Lipinski definition) is 0. The maximum atomic E-state index is 11.4. The van der Waals surface area contributed by atoms with Crippen LogP contribution in [-0.4, -0.2) is 13.3 Å². The van der Waals surface area contributed by atoms with E-state index in [2.05, 4.69) is 40.6 Å². The van der Waals surface area contributed by atoms with E-state index in [1.54, 1.807) is 12.1 Å². The Morgan fingerprint density at radius 2 is 1.84 bits per heavy atom. The Kier molecular flexibility index (Phi) is 7.14. The lowest BCUT2D eigenvalue weighted by molar-refractivity contribution is 0.120. The average Bonchev–Trinajstić information content (AvgIpc) is 2.61. The second kappa shape index (κ2) is 9.11. The normalized spacial score (nSPS) is 10.4. The van der Waals surface area contributed by atoms with Crippen LogP contribution >= 0.6 is 27.5 Å². The highest BCUT2D eigenvalue weighted by Crippen LogP contribution is 2.32. The Hall–Kier alpha value is -1.72. The lowest BCUT2D eigenvalue weighted by Crippen LogP contribution is -2.10. The molecule has 0 N–H and O–H groups in total. The molecule has 0 amide bonds. The largest absolute Gasteiger partial charge is 0.513 e. The lowest BCUT2D eigenvalue weighted by Gasteiger charge is -2.16. The van der Waals surface area contributed by atoms with Crippen LogP contribution in [0.3, 0.4) is 0 Å². The first-order valence-electron chi connectivity index (χ1n) is 7.97. The van der Waals surface area contributed by atoms with Crippen LogP contribution in [-0.2, 0) is 24.2 Å². The highest BCUT2D eigenvalue weighted by Gasteiger charge is 2.14. The standard InChI is InChI=1S/C19H20BrClO4/c1-4-12-9-13(5-2)18(10-16(12)21)24-11-14-15(20)7-6-8-17(14)25-19(22)23-3/h6-10H,4-5,11H2,1-3H3. The molecule has 4 nitrogen and oxygen atoms in total. The Labute approximate surface area is 161 Å². The monoisotopic (exact) mass is 426 g/mol. The summed E-state index contributed by atoms with van der Waals surface area (Å²) in [5, 5.41) is 0.688. The molecule has 0 radical (unpaired) electrons. The molecule has 0 aliphatic rings. The van der Waals surface area contributed by atoms with Gasteiger partial charge in [0.1, 0.15) is 18.1 Å². The van der Waals surface area contributed by atoms with Crippen molar-refractivity contribution in [1.29, 1.82) is 0 Å². The first-order chi connectivity index (χ1) is 12.0. The maximum absolute atomic E-state index is 11.4. The fourth-order valence-electron chi connectivity index (χ4n) is 2.39. The maximum Gasteiger partial charge on any atom is 0.513 e. The van der Waals surface area contributed by atoms with Crippen molar-refractivity contribution < 1.29 is 19.0 Å². The molecule has 6 heteroatoms. The van der Waals surface area contributed by atoms with Gasteiger partial charge in [-0.2, -0.15) is 0 Å². The molecule has 0 saturated carbocycles. The van der Waals surface area contributed by atoms with Crippen LogP contribution in [0.15, 0.2) is 34.8 Å². The second-order valence-electron chi connectivity index (χ2n) is 5.32. The molecule has 0 fully saturated rings. The Balaban J connectivity index is 2.27. The number of ether oxygens (including phenoxy) is 3. The molecule has 0 bridgehead atoms.